The van der Waals surface area contributed by atoms with E-state index in [2.05, 4.69) is 0 Å². The van der Waals surface area contributed by atoms with Gasteiger partial charge in [0.15, 0.2) is 0 Å². The van der Waals surface area contributed by atoms with Gasteiger partial charge in [-0.15, -0.1) is 5.06 Å². The molecule has 1 saturated heterocycles. The maximum absolute atomic E-state index is 12.0. The molecule has 8 heteroatoms. The van der Waals surface area contributed by atoms with Crippen LogP contribution in [0, 0.1) is 20.8 Å². The summed E-state index contributed by atoms with van der Waals surface area (Å²) in [5.41, 5.74) is 1.56. The van der Waals surface area contributed by atoms with Crippen molar-refractivity contribution in [2.45, 2.75) is 86.8 Å². The summed E-state index contributed by atoms with van der Waals surface area (Å²) < 4.78 is 0. The Morgan fingerprint density at radius 2 is 1.21 bits per heavy atom. The maximum atomic E-state index is 12.0. The van der Waals surface area contributed by atoms with Crippen molar-refractivity contribution < 1.29 is 40.9 Å². The van der Waals surface area contributed by atoms with Gasteiger partial charge in [-0.1, -0.05) is 94.2 Å². The first kappa shape index (κ1) is 36.2. The number of amides is 2. The van der Waals surface area contributed by atoms with Crippen molar-refractivity contribution in [3.8, 4) is 0 Å². The molecule has 0 spiro atoms. The minimum Gasteiger partial charge on any atom is -0.781 e. The van der Waals surface area contributed by atoms with Gasteiger partial charge >= 0.3 is 27.7 Å². The summed E-state index contributed by atoms with van der Waals surface area (Å²) >= 11 is 9.70. The fourth-order valence-electron chi connectivity index (χ4n) is 4.45. The Morgan fingerprint density at radius 1 is 0.763 bits per heavy atom. The fraction of sp³-hybridized carbons (Fsp3) is 0.433. The van der Waals surface area contributed by atoms with Gasteiger partial charge in [0.05, 0.1) is 5.56 Å². The Labute approximate surface area is 255 Å². The molecule has 0 atom stereocenters. The Balaban J connectivity index is 0.000000710. The molecule has 2 amide bonds. The smallest absolute Gasteiger partial charge is 0.781 e. The summed E-state index contributed by atoms with van der Waals surface area (Å²) in [5, 5.41) is 0.578. The van der Waals surface area contributed by atoms with Crippen LogP contribution in [0.15, 0.2) is 58.3 Å². The zero-order valence-corrected chi connectivity index (χ0v) is 25.8. The molecule has 2 aliphatic carbocycles. The van der Waals surface area contributed by atoms with Gasteiger partial charge in [-0.3, -0.25) is 9.59 Å². The number of nitrogens with zero attached hydrogens (tertiary/aromatic N) is 1. The molecule has 5 nitrogen and oxygen atoms in total. The predicted molar refractivity (Wildman–Crippen MR) is 152 cm³/mol. The predicted octanol–water partition coefficient (Wildman–Crippen LogP) is 6.99. The number of hydrogen-bond donors (Lipinski definition) is 0. The van der Waals surface area contributed by atoms with Crippen molar-refractivity contribution >= 4 is 43.0 Å². The third-order valence-electron chi connectivity index (χ3n) is 6.47. The molecule has 0 aromatic heterocycles. The van der Waals surface area contributed by atoms with Crippen molar-refractivity contribution in [2.75, 3.05) is 0 Å². The topological polar surface area (TPSA) is 63.7 Å². The molecule has 0 radical (unpaired) electrons. The van der Waals surface area contributed by atoms with Gasteiger partial charge in [-0.05, 0) is 30.0 Å². The molecule has 3 fully saturated rings. The van der Waals surface area contributed by atoms with Gasteiger partial charge in [0.2, 0.25) is 0 Å². The molecule has 1 heterocycles. The third kappa shape index (κ3) is 11.9. The van der Waals surface area contributed by atoms with Crippen molar-refractivity contribution in [3.05, 3.63) is 74.5 Å². The van der Waals surface area contributed by atoms with E-state index in [1.165, 1.54) is 63.4 Å². The minimum absolute atomic E-state index is 0. The molecular weight excluding hydrogens is 550 g/mol. The van der Waals surface area contributed by atoms with E-state index in [1.54, 1.807) is 12.1 Å². The monoisotopic (exact) mass is 589 g/mol. The van der Waals surface area contributed by atoms with Crippen LogP contribution in [0.25, 0.3) is 0 Å². The molecular formula is C30H39NO4S2Ti. The molecule has 204 valence electrons. The van der Waals surface area contributed by atoms with E-state index in [9.17, 15) is 14.4 Å². The molecule has 0 unspecified atom stereocenters. The van der Waals surface area contributed by atoms with Crippen LogP contribution in [-0.2, 0) is 67.8 Å². The Morgan fingerprint density at radius 3 is 1.63 bits per heavy atom. The SMILES string of the molecule is C1CCCC1.O=C(ON1C(=O)CCC1=O)c1ccc(CC2CCCC2)cc1.[CH3-].[CH3-].[S-]c1ccccc1[S-].[Ti+4]. The van der Waals surface area contributed by atoms with Gasteiger partial charge < -0.3 is 44.9 Å². The van der Waals surface area contributed by atoms with Crippen LogP contribution in [-0.4, -0.2) is 22.8 Å². The molecule has 2 aromatic rings. The van der Waals surface area contributed by atoms with Crippen molar-refractivity contribution in [1.29, 1.82) is 0 Å². The van der Waals surface area contributed by atoms with Gasteiger partial charge in [0.25, 0.3) is 11.8 Å². The van der Waals surface area contributed by atoms with Crippen molar-refractivity contribution in [2.24, 2.45) is 5.92 Å². The summed E-state index contributed by atoms with van der Waals surface area (Å²) in [6, 6.07) is 14.7. The quantitative estimate of drug-likeness (QED) is 0.166. The molecule has 3 aliphatic rings. The van der Waals surface area contributed by atoms with Gasteiger partial charge in [-0.2, -0.15) is 9.79 Å². The normalized spacial score (nSPS) is 16.1. The fourth-order valence-corrected chi connectivity index (χ4v) is 4.75. The number of carbonyl (C=O) groups excluding carboxylic acids is 3. The molecule has 2 saturated carbocycles. The minimum atomic E-state index is -0.670. The first-order valence-corrected chi connectivity index (χ1v) is 13.4. The zero-order chi connectivity index (χ0) is 25.0. The van der Waals surface area contributed by atoms with Crippen LogP contribution in [0.2, 0.25) is 0 Å². The molecule has 5 rings (SSSR count). The average Bonchev–Trinajstić information content (AvgIpc) is 3.65. The van der Waals surface area contributed by atoms with E-state index in [-0.39, 0.29) is 49.4 Å². The zero-order valence-electron chi connectivity index (χ0n) is 22.6. The van der Waals surface area contributed by atoms with E-state index in [0.29, 0.717) is 10.6 Å². The molecule has 1 aliphatic heterocycles. The summed E-state index contributed by atoms with van der Waals surface area (Å²) in [7, 11) is 0. The second-order valence-electron chi connectivity index (χ2n) is 9.23. The molecule has 0 bridgehead atoms. The number of imide groups is 1. The number of rotatable bonds is 4. The first-order chi connectivity index (χ1) is 16.9. The molecule has 2 aromatic carbocycles. The largest absolute Gasteiger partial charge is 4.00 e. The number of hydroxylamine groups is 2. The first-order valence-electron chi connectivity index (χ1n) is 12.5. The van der Waals surface area contributed by atoms with Crippen LogP contribution in [0.3, 0.4) is 0 Å². The van der Waals surface area contributed by atoms with E-state index in [4.69, 9.17) is 30.1 Å². The molecule has 0 N–H and O–H groups in total. The van der Waals surface area contributed by atoms with Gasteiger partial charge in [0.1, 0.15) is 0 Å². The van der Waals surface area contributed by atoms with Crippen LogP contribution >= 0.6 is 0 Å². The van der Waals surface area contributed by atoms with Crippen LogP contribution in [0.1, 0.15) is 86.6 Å². The second kappa shape index (κ2) is 19.3. The van der Waals surface area contributed by atoms with Gasteiger partial charge in [0, 0.05) is 12.8 Å². The average molecular weight is 590 g/mol. The number of hydrogen-bond acceptors (Lipinski definition) is 6. The number of carbonyl (C=O) groups is 3. The van der Waals surface area contributed by atoms with E-state index >= 15 is 0 Å². The Hall–Kier alpha value is -1.80. The maximum Gasteiger partial charge on any atom is 4.00 e. The third-order valence-corrected chi connectivity index (χ3v) is 7.31. The standard InChI is InChI=1S/C17H19NO4.C6H6S2.C5H10.2CH3.Ti/c19-15-9-10-16(20)18(15)22-17(21)14-7-5-13(6-8-14)11-12-3-1-2-4-12;7-5-3-1-2-4-6(5)8;1-2-4-5-3-1;;;/h5-8,12H,1-4,9-11H2;1-4,7-8H;1-5H2;2*1H3;/q;;;2*-1;+4/p-2. The Kier molecular flexibility index (Phi) is 18.4. The van der Waals surface area contributed by atoms with Crippen LogP contribution in [0.5, 0.6) is 0 Å². The van der Waals surface area contributed by atoms with Crippen molar-refractivity contribution in [1.82, 2.24) is 5.06 Å². The van der Waals surface area contributed by atoms with Crippen LogP contribution < -0.4 is 0 Å². The second-order valence-corrected chi connectivity index (χ2v) is 10.1. The Bertz CT molecular complexity index is 945. The number of benzene rings is 2. The summed E-state index contributed by atoms with van der Waals surface area (Å²) in [6.07, 6.45) is 13.9. The van der Waals surface area contributed by atoms with E-state index < -0.39 is 17.8 Å². The van der Waals surface area contributed by atoms with Crippen LogP contribution in [0.4, 0.5) is 0 Å². The van der Waals surface area contributed by atoms with Gasteiger partial charge in [-0.25, -0.2) is 4.79 Å². The molecule has 38 heavy (non-hydrogen) atoms. The van der Waals surface area contributed by atoms with Crippen molar-refractivity contribution in [3.63, 3.8) is 0 Å². The summed E-state index contributed by atoms with van der Waals surface area (Å²) in [5.74, 6) is -0.846. The summed E-state index contributed by atoms with van der Waals surface area (Å²) in [6.45, 7) is 0. The summed E-state index contributed by atoms with van der Waals surface area (Å²) in [4.78, 5) is 41.3. The van der Waals surface area contributed by atoms with E-state index in [0.717, 1.165) is 22.1 Å². The van der Waals surface area contributed by atoms with E-state index in [1.807, 2.05) is 36.4 Å².